The van der Waals surface area contributed by atoms with Crippen molar-refractivity contribution in [2.75, 3.05) is 13.7 Å². The van der Waals surface area contributed by atoms with Gasteiger partial charge in [0.1, 0.15) is 5.69 Å². The molecule has 1 amide bonds. The summed E-state index contributed by atoms with van der Waals surface area (Å²) in [5, 5.41) is 11.1. The van der Waals surface area contributed by atoms with Crippen molar-refractivity contribution in [3.05, 3.63) is 69.6 Å². The van der Waals surface area contributed by atoms with Crippen molar-refractivity contribution in [3.63, 3.8) is 0 Å². The molecule has 2 aromatic carbocycles. The largest absolute Gasteiger partial charge is 0.493 e. The quantitative estimate of drug-likeness (QED) is 0.433. The molecule has 33 heavy (non-hydrogen) atoms. The van der Waals surface area contributed by atoms with Crippen LogP contribution in [0.2, 0.25) is 0 Å². The van der Waals surface area contributed by atoms with E-state index >= 15 is 0 Å². The minimum absolute atomic E-state index is 0.148. The topological polar surface area (TPSA) is 106 Å². The normalized spacial score (nSPS) is 10.6. The summed E-state index contributed by atoms with van der Waals surface area (Å²) in [4.78, 5) is 27.4. The molecule has 2 N–H and O–H groups in total. The molecular formula is C25H30N4O4. The maximum Gasteiger partial charge on any atom is 0.273 e. The Hall–Kier alpha value is -3.68. The Labute approximate surface area is 193 Å². The number of rotatable bonds is 11. The minimum Gasteiger partial charge on any atom is -0.493 e. The average Bonchev–Trinajstić information content (AvgIpc) is 2.82. The molecule has 0 aliphatic rings. The van der Waals surface area contributed by atoms with E-state index in [4.69, 9.17) is 9.47 Å². The summed E-state index contributed by atoms with van der Waals surface area (Å²) >= 11 is 0. The Bertz CT molecular complexity index is 1140. The predicted molar refractivity (Wildman–Crippen MR) is 126 cm³/mol. The van der Waals surface area contributed by atoms with Crippen molar-refractivity contribution in [1.29, 1.82) is 0 Å². The lowest BCUT2D eigenvalue weighted by atomic mass is 10.1. The van der Waals surface area contributed by atoms with E-state index in [1.807, 2.05) is 31.2 Å². The van der Waals surface area contributed by atoms with Crippen LogP contribution in [0.5, 0.6) is 11.5 Å². The highest BCUT2D eigenvalue weighted by Gasteiger charge is 2.12. The Balaban J connectivity index is 1.60. The second-order valence-electron chi connectivity index (χ2n) is 7.78. The molecule has 0 aliphatic carbocycles. The highest BCUT2D eigenvalue weighted by Crippen LogP contribution is 2.31. The molecule has 1 aromatic heterocycles. The maximum atomic E-state index is 12.5. The van der Waals surface area contributed by atoms with E-state index in [-0.39, 0.29) is 30.0 Å². The van der Waals surface area contributed by atoms with E-state index in [2.05, 4.69) is 27.4 Å². The summed E-state index contributed by atoms with van der Waals surface area (Å²) in [6, 6.07) is 13.3. The summed E-state index contributed by atoms with van der Waals surface area (Å²) in [6.45, 7) is 5.16. The molecule has 0 fully saturated rings. The molecule has 174 valence electrons. The molecule has 0 atom stereocenters. The van der Waals surface area contributed by atoms with Crippen LogP contribution in [-0.2, 0) is 17.8 Å². The molecule has 8 nitrogen and oxygen atoms in total. The molecule has 3 aromatic rings. The van der Waals surface area contributed by atoms with E-state index in [0.717, 1.165) is 24.0 Å². The first-order valence-electron chi connectivity index (χ1n) is 11.1. The molecule has 8 heteroatoms. The number of unbranched alkanes of at least 4 members (excludes halogenated alkanes) is 1. The molecular weight excluding hydrogens is 420 g/mol. The maximum absolute atomic E-state index is 12.5. The molecule has 0 aliphatic heterocycles. The van der Waals surface area contributed by atoms with Gasteiger partial charge >= 0.3 is 0 Å². The third-order valence-electron chi connectivity index (χ3n) is 5.12. The van der Waals surface area contributed by atoms with Gasteiger partial charge in [0, 0.05) is 24.9 Å². The zero-order chi connectivity index (χ0) is 23.6. The van der Waals surface area contributed by atoms with E-state index in [1.54, 1.807) is 25.3 Å². The summed E-state index contributed by atoms with van der Waals surface area (Å²) in [5.41, 5.74) is 2.67. The number of nitrogens with one attached hydrogen (secondary N) is 2. The second kappa shape index (κ2) is 11.8. The van der Waals surface area contributed by atoms with Crippen LogP contribution in [0.25, 0.3) is 11.4 Å². The zero-order valence-corrected chi connectivity index (χ0v) is 19.3. The zero-order valence-electron chi connectivity index (χ0n) is 19.3. The molecule has 0 radical (unpaired) electrons. The summed E-state index contributed by atoms with van der Waals surface area (Å²) in [7, 11) is 1.56. The van der Waals surface area contributed by atoms with E-state index < -0.39 is 0 Å². The van der Waals surface area contributed by atoms with Gasteiger partial charge < -0.3 is 19.8 Å². The Morgan fingerprint density at radius 2 is 1.97 bits per heavy atom. The van der Waals surface area contributed by atoms with E-state index in [9.17, 15) is 9.59 Å². The van der Waals surface area contributed by atoms with Gasteiger partial charge in [0.25, 0.3) is 5.56 Å². The van der Waals surface area contributed by atoms with E-state index in [0.29, 0.717) is 36.0 Å². The van der Waals surface area contributed by atoms with Crippen LogP contribution in [0.15, 0.2) is 47.3 Å². The Morgan fingerprint density at radius 3 is 2.70 bits per heavy atom. The minimum atomic E-state index is -0.367. The number of aromatic nitrogens is 3. The molecule has 3 rings (SSSR count). The summed E-state index contributed by atoms with van der Waals surface area (Å²) < 4.78 is 11.1. The fraction of sp³-hybridized carbons (Fsp3) is 0.360. The third kappa shape index (κ3) is 6.90. The SMILES string of the molecule is CCCCOc1ccc(-c2nnc(CCC(=O)NCc3cccc(C)c3)c(=O)[nH]2)cc1OC. The van der Waals surface area contributed by atoms with Crippen molar-refractivity contribution in [2.24, 2.45) is 0 Å². The van der Waals surface area contributed by atoms with Crippen LogP contribution >= 0.6 is 0 Å². The standard InChI is InChI=1S/C25H30N4O4/c1-4-5-13-33-21-11-9-19(15-22(21)32-3)24-27-25(31)20(28-29-24)10-12-23(30)26-16-18-8-6-7-17(2)14-18/h6-9,11,14-15H,4-5,10,12-13,16H2,1-3H3,(H,26,30)(H,27,29,31). The van der Waals surface area contributed by atoms with Crippen LogP contribution in [-0.4, -0.2) is 34.8 Å². The first-order chi connectivity index (χ1) is 16.0. The number of carbonyl (C=O) groups excluding carboxylic acids is 1. The van der Waals surface area contributed by atoms with Crippen LogP contribution in [0, 0.1) is 6.92 Å². The van der Waals surface area contributed by atoms with Gasteiger partial charge in [-0.2, -0.15) is 0 Å². The van der Waals surface area contributed by atoms with Gasteiger partial charge in [-0.05, 0) is 37.1 Å². The van der Waals surface area contributed by atoms with Gasteiger partial charge in [-0.3, -0.25) is 9.59 Å². The number of aryl methyl sites for hydroxylation is 2. The van der Waals surface area contributed by atoms with Gasteiger partial charge in [-0.15, -0.1) is 10.2 Å². The summed E-state index contributed by atoms with van der Waals surface area (Å²) in [5.74, 6) is 1.37. The predicted octanol–water partition coefficient (Wildman–Crippen LogP) is 3.58. The van der Waals surface area contributed by atoms with E-state index in [1.165, 1.54) is 0 Å². The highest BCUT2D eigenvalue weighted by atomic mass is 16.5. The average molecular weight is 451 g/mol. The lowest BCUT2D eigenvalue weighted by Gasteiger charge is -2.11. The monoisotopic (exact) mass is 450 g/mol. The lowest BCUT2D eigenvalue weighted by Crippen LogP contribution is -2.25. The molecule has 1 heterocycles. The smallest absolute Gasteiger partial charge is 0.273 e. The third-order valence-corrected chi connectivity index (χ3v) is 5.12. The number of aromatic amines is 1. The van der Waals surface area contributed by atoms with Crippen molar-refractivity contribution in [3.8, 4) is 22.9 Å². The molecule has 0 spiro atoms. The number of nitrogens with zero attached hydrogens (tertiary/aromatic N) is 2. The number of carbonyl (C=O) groups is 1. The van der Waals surface area contributed by atoms with Crippen molar-refractivity contribution in [1.82, 2.24) is 20.5 Å². The second-order valence-corrected chi connectivity index (χ2v) is 7.78. The van der Waals surface area contributed by atoms with Gasteiger partial charge in [0.15, 0.2) is 17.3 Å². The molecule has 0 unspecified atom stereocenters. The number of methoxy groups -OCH3 is 1. The van der Waals surface area contributed by atoms with Crippen LogP contribution in [0.3, 0.4) is 0 Å². The first kappa shape index (κ1) is 24.0. The summed E-state index contributed by atoms with van der Waals surface area (Å²) in [6.07, 6.45) is 2.35. The van der Waals surface area contributed by atoms with Crippen LogP contribution in [0.4, 0.5) is 0 Å². The van der Waals surface area contributed by atoms with Gasteiger partial charge in [-0.25, -0.2) is 0 Å². The van der Waals surface area contributed by atoms with Crippen molar-refractivity contribution < 1.29 is 14.3 Å². The first-order valence-corrected chi connectivity index (χ1v) is 11.1. The molecule has 0 bridgehead atoms. The molecule has 0 saturated heterocycles. The number of hydrogen-bond acceptors (Lipinski definition) is 6. The van der Waals surface area contributed by atoms with Gasteiger partial charge in [-0.1, -0.05) is 43.2 Å². The van der Waals surface area contributed by atoms with Crippen LogP contribution < -0.4 is 20.3 Å². The molecule has 0 saturated carbocycles. The van der Waals surface area contributed by atoms with Crippen LogP contribution in [0.1, 0.15) is 43.0 Å². The number of benzene rings is 2. The number of H-pyrrole nitrogens is 1. The van der Waals surface area contributed by atoms with Crippen molar-refractivity contribution in [2.45, 2.75) is 46.1 Å². The van der Waals surface area contributed by atoms with Crippen molar-refractivity contribution >= 4 is 5.91 Å². The number of hydrogen-bond donors (Lipinski definition) is 2. The van der Waals surface area contributed by atoms with Gasteiger partial charge in [0.2, 0.25) is 5.91 Å². The highest BCUT2D eigenvalue weighted by molar-refractivity contribution is 5.76. The number of amides is 1. The fourth-order valence-corrected chi connectivity index (χ4v) is 3.26. The Kier molecular flexibility index (Phi) is 8.57. The Morgan fingerprint density at radius 1 is 1.12 bits per heavy atom. The van der Waals surface area contributed by atoms with Gasteiger partial charge in [0.05, 0.1) is 13.7 Å². The number of ether oxygens (including phenoxy) is 2. The lowest BCUT2D eigenvalue weighted by molar-refractivity contribution is -0.121. The fourth-order valence-electron chi connectivity index (χ4n) is 3.26.